The lowest BCUT2D eigenvalue weighted by molar-refractivity contribution is -0.143. The molecule has 0 saturated carbocycles. The monoisotopic (exact) mass is 279 g/mol. The van der Waals surface area contributed by atoms with E-state index >= 15 is 0 Å². The van der Waals surface area contributed by atoms with Gasteiger partial charge in [0.2, 0.25) is 0 Å². The fourth-order valence-corrected chi connectivity index (χ4v) is 1.86. The van der Waals surface area contributed by atoms with Crippen molar-refractivity contribution in [1.82, 2.24) is 5.32 Å². The molecule has 0 bridgehead atoms. The topological polar surface area (TPSA) is 47.6 Å². The van der Waals surface area contributed by atoms with Crippen molar-refractivity contribution >= 4 is 5.97 Å². The number of methoxy groups -OCH3 is 1. The molecule has 1 aromatic carbocycles. The second-order valence-electron chi connectivity index (χ2n) is 5.39. The normalized spacial score (nSPS) is 11.2. The lowest BCUT2D eigenvalue weighted by atomic mass is 9.98. The molecule has 112 valence electrons. The molecule has 0 radical (unpaired) electrons. The highest BCUT2D eigenvalue weighted by atomic mass is 16.5. The minimum Gasteiger partial charge on any atom is -0.497 e. The SMILES string of the molecule is CCOC(=O)CCC(C)(C)NCc1cccc(OC)c1. The second-order valence-corrected chi connectivity index (χ2v) is 5.39. The van der Waals surface area contributed by atoms with E-state index in [2.05, 4.69) is 25.2 Å². The Labute approximate surface area is 121 Å². The van der Waals surface area contributed by atoms with Gasteiger partial charge in [-0.2, -0.15) is 0 Å². The second kappa shape index (κ2) is 7.90. The average molecular weight is 279 g/mol. The highest BCUT2D eigenvalue weighted by Gasteiger charge is 2.18. The Hall–Kier alpha value is -1.55. The molecule has 0 heterocycles. The molecule has 0 aliphatic heterocycles. The van der Waals surface area contributed by atoms with Gasteiger partial charge in [0.05, 0.1) is 13.7 Å². The molecule has 0 saturated heterocycles. The van der Waals surface area contributed by atoms with Crippen LogP contribution < -0.4 is 10.1 Å². The Morgan fingerprint density at radius 3 is 2.75 bits per heavy atom. The van der Waals surface area contributed by atoms with E-state index in [0.29, 0.717) is 13.0 Å². The van der Waals surface area contributed by atoms with E-state index in [0.717, 1.165) is 24.3 Å². The van der Waals surface area contributed by atoms with E-state index < -0.39 is 0 Å². The zero-order valence-corrected chi connectivity index (χ0v) is 12.9. The predicted molar refractivity (Wildman–Crippen MR) is 79.8 cm³/mol. The summed E-state index contributed by atoms with van der Waals surface area (Å²) in [5, 5.41) is 3.46. The molecule has 0 aliphatic rings. The van der Waals surface area contributed by atoms with Gasteiger partial charge in [-0.3, -0.25) is 4.79 Å². The van der Waals surface area contributed by atoms with Gasteiger partial charge in [0, 0.05) is 18.5 Å². The van der Waals surface area contributed by atoms with Gasteiger partial charge in [-0.05, 0) is 44.9 Å². The van der Waals surface area contributed by atoms with E-state index in [9.17, 15) is 4.79 Å². The first kappa shape index (κ1) is 16.5. The molecule has 0 atom stereocenters. The van der Waals surface area contributed by atoms with Crippen molar-refractivity contribution < 1.29 is 14.3 Å². The zero-order valence-electron chi connectivity index (χ0n) is 12.9. The number of carbonyl (C=O) groups is 1. The van der Waals surface area contributed by atoms with Crippen molar-refractivity contribution in [2.45, 2.75) is 45.7 Å². The smallest absolute Gasteiger partial charge is 0.305 e. The van der Waals surface area contributed by atoms with Crippen molar-refractivity contribution in [3.8, 4) is 5.75 Å². The first-order chi connectivity index (χ1) is 9.46. The van der Waals surface area contributed by atoms with Crippen LogP contribution in [0.15, 0.2) is 24.3 Å². The standard InChI is InChI=1S/C16H25NO3/c1-5-20-15(18)9-10-16(2,3)17-12-13-7-6-8-14(11-13)19-4/h6-8,11,17H,5,9-10,12H2,1-4H3. The minimum absolute atomic E-state index is 0.115. The molecule has 0 aliphatic carbocycles. The summed E-state index contributed by atoms with van der Waals surface area (Å²) < 4.78 is 10.2. The summed E-state index contributed by atoms with van der Waals surface area (Å²) >= 11 is 0. The van der Waals surface area contributed by atoms with Gasteiger partial charge in [0.15, 0.2) is 0 Å². The van der Waals surface area contributed by atoms with Crippen molar-refractivity contribution in [3.63, 3.8) is 0 Å². The Bertz CT molecular complexity index is 429. The Morgan fingerprint density at radius 2 is 2.10 bits per heavy atom. The molecular weight excluding hydrogens is 254 g/mol. The number of carbonyl (C=O) groups excluding carboxylic acids is 1. The van der Waals surface area contributed by atoms with Gasteiger partial charge in [-0.15, -0.1) is 0 Å². The van der Waals surface area contributed by atoms with Gasteiger partial charge in [-0.1, -0.05) is 12.1 Å². The largest absolute Gasteiger partial charge is 0.497 e. The lowest BCUT2D eigenvalue weighted by Crippen LogP contribution is -2.39. The van der Waals surface area contributed by atoms with E-state index in [1.807, 2.05) is 25.1 Å². The number of rotatable bonds is 8. The molecule has 0 spiro atoms. The van der Waals surface area contributed by atoms with E-state index in [1.165, 1.54) is 0 Å². The molecule has 1 rings (SSSR count). The predicted octanol–water partition coefficient (Wildman–Crippen LogP) is 2.91. The summed E-state index contributed by atoms with van der Waals surface area (Å²) in [6.07, 6.45) is 1.18. The van der Waals surface area contributed by atoms with E-state index in [-0.39, 0.29) is 11.5 Å². The fraction of sp³-hybridized carbons (Fsp3) is 0.562. The lowest BCUT2D eigenvalue weighted by Gasteiger charge is -2.26. The number of hydrogen-bond acceptors (Lipinski definition) is 4. The number of ether oxygens (including phenoxy) is 2. The molecule has 0 unspecified atom stereocenters. The van der Waals surface area contributed by atoms with E-state index in [4.69, 9.17) is 9.47 Å². The molecule has 4 heteroatoms. The van der Waals surface area contributed by atoms with Gasteiger partial charge in [-0.25, -0.2) is 0 Å². The van der Waals surface area contributed by atoms with Crippen LogP contribution in [0.4, 0.5) is 0 Å². The minimum atomic E-state index is -0.135. The quantitative estimate of drug-likeness (QED) is 0.743. The van der Waals surface area contributed by atoms with Crippen LogP contribution in [-0.2, 0) is 16.1 Å². The maximum atomic E-state index is 11.4. The number of nitrogens with one attached hydrogen (secondary N) is 1. The summed E-state index contributed by atoms with van der Waals surface area (Å²) in [7, 11) is 1.66. The van der Waals surface area contributed by atoms with Crippen molar-refractivity contribution in [3.05, 3.63) is 29.8 Å². The molecule has 1 N–H and O–H groups in total. The summed E-state index contributed by atoms with van der Waals surface area (Å²) in [5.41, 5.74) is 1.05. The van der Waals surface area contributed by atoms with Gasteiger partial charge in [0.25, 0.3) is 0 Å². The molecule has 0 amide bonds. The van der Waals surface area contributed by atoms with Crippen molar-refractivity contribution in [2.75, 3.05) is 13.7 Å². The Balaban J connectivity index is 2.43. The van der Waals surface area contributed by atoms with Crippen LogP contribution in [0.2, 0.25) is 0 Å². The number of hydrogen-bond donors (Lipinski definition) is 1. The van der Waals surface area contributed by atoms with Crippen LogP contribution in [0, 0.1) is 0 Å². The molecule has 20 heavy (non-hydrogen) atoms. The summed E-state index contributed by atoms with van der Waals surface area (Å²) in [6.45, 7) is 7.19. The van der Waals surface area contributed by atoms with E-state index in [1.54, 1.807) is 7.11 Å². The van der Waals surface area contributed by atoms with Gasteiger partial charge in [0.1, 0.15) is 5.75 Å². The first-order valence-electron chi connectivity index (χ1n) is 7.00. The molecule has 0 aromatic heterocycles. The highest BCUT2D eigenvalue weighted by molar-refractivity contribution is 5.69. The van der Waals surface area contributed by atoms with Gasteiger partial charge < -0.3 is 14.8 Å². The van der Waals surface area contributed by atoms with Crippen LogP contribution in [0.5, 0.6) is 5.75 Å². The van der Waals surface area contributed by atoms with Crippen LogP contribution in [0.25, 0.3) is 0 Å². The third-order valence-electron chi connectivity index (χ3n) is 3.16. The summed E-state index contributed by atoms with van der Waals surface area (Å²) in [4.78, 5) is 11.4. The molecule has 1 aromatic rings. The molecular formula is C16H25NO3. The average Bonchev–Trinajstić information content (AvgIpc) is 2.44. The van der Waals surface area contributed by atoms with Crippen LogP contribution in [-0.4, -0.2) is 25.2 Å². The van der Waals surface area contributed by atoms with Crippen LogP contribution >= 0.6 is 0 Å². The molecule has 0 fully saturated rings. The summed E-state index contributed by atoms with van der Waals surface area (Å²) in [6, 6.07) is 7.96. The fourth-order valence-electron chi connectivity index (χ4n) is 1.86. The Morgan fingerprint density at radius 1 is 1.35 bits per heavy atom. The molecule has 4 nitrogen and oxygen atoms in total. The third kappa shape index (κ3) is 6.06. The van der Waals surface area contributed by atoms with Crippen molar-refractivity contribution in [2.24, 2.45) is 0 Å². The third-order valence-corrected chi connectivity index (χ3v) is 3.16. The maximum Gasteiger partial charge on any atom is 0.305 e. The number of esters is 1. The first-order valence-corrected chi connectivity index (χ1v) is 7.00. The number of benzene rings is 1. The van der Waals surface area contributed by atoms with Crippen molar-refractivity contribution in [1.29, 1.82) is 0 Å². The summed E-state index contributed by atoms with van der Waals surface area (Å²) in [5.74, 6) is 0.720. The Kier molecular flexibility index (Phi) is 6.52. The van der Waals surface area contributed by atoms with Gasteiger partial charge >= 0.3 is 5.97 Å². The zero-order chi connectivity index (χ0) is 15.0. The maximum absolute atomic E-state index is 11.4. The van der Waals surface area contributed by atoms with Crippen LogP contribution in [0.1, 0.15) is 39.2 Å². The van der Waals surface area contributed by atoms with Crippen LogP contribution in [0.3, 0.4) is 0 Å². The highest BCUT2D eigenvalue weighted by Crippen LogP contribution is 2.16.